The summed E-state index contributed by atoms with van der Waals surface area (Å²) in [6, 6.07) is 0. The van der Waals surface area contributed by atoms with Gasteiger partial charge in [-0.3, -0.25) is 0 Å². The Morgan fingerprint density at radius 1 is 1.20 bits per heavy atom. The minimum Gasteiger partial charge on any atom is -0.449 e. The number of halogens is 3. The Bertz CT molecular complexity index is 130. The van der Waals surface area contributed by atoms with E-state index in [0.29, 0.717) is 12.8 Å². The zero-order valence-corrected chi connectivity index (χ0v) is 6.20. The molecule has 1 fully saturated rings. The summed E-state index contributed by atoms with van der Waals surface area (Å²) in [7, 11) is 0. The van der Waals surface area contributed by atoms with Gasteiger partial charge in [0.2, 0.25) is 0 Å². The van der Waals surface area contributed by atoms with Crippen molar-refractivity contribution in [3.05, 3.63) is 0 Å². The van der Waals surface area contributed by atoms with E-state index in [1.807, 2.05) is 13.8 Å². The molecule has 0 atom stereocenters. The van der Waals surface area contributed by atoms with Gasteiger partial charge >= 0.3 is 6.98 Å². The molecule has 4 heteroatoms. The maximum atomic E-state index is 11.9. The van der Waals surface area contributed by atoms with Crippen molar-refractivity contribution in [3.8, 4) is 0 Å². The molecule has 0 aromatic heterocycles. The van der Waals surface area contributed by atoms with Crippen LogP contribution in [-0.2, 0) is 0 Å². The van der Waals surface area contributed by atoms with Gasteiger partial charge in [-0.05, 0) is 5.41 Å². The van der Waals surface area contributed by atoms with E-state index in [0.717, 1.165) is 0 Å². The Morgan fingerprint density at radius 3 is 1.70 bits per heavy atom. The van der Waals surface area contributed by atoms with Crippen LogP contribution < -0.4 is 0 Å². The zero-order chi connectivity index (χ0) is 7.99. The molecule has 0 unspecified atom stereocenters. The van der Waals surface area contributed by atoms with E-state index in [1.165, 1.54) is 0 Å². The first-order valence-electron chi connectivity index (χ1n) is 3.51. The summed E-state index contributed by atoms with van der Waals surface area (Å²) in [5.74, 6) is -0.963. The first-order valence-corrected chi connectivity index (χ1v) is 3.51. The smallest absolute Gasteiger partial charge is 0.449 e. The van der Waals surface area contributed by atoms with Gasteiger partial charge in [-0.1, -0.05) is 32.5 Å². The first kappa shape index (κ1) is 7.96. The van der Waals surface area contributed by atoms with E-state index in [4.69, 9.17) is 0 Å². The van der Waals surface area contributed by atoms with E-state index in [-0.39, 0.29) is 5.41 Å². The summed E-state index contributed by atoms with van der Waals surface area (Å²) >= 11 is 0. The van der Waals surface area contributed by atoms with E-state index >= 15 is 0 Å². The summed E-state index contributed by atoms with van der Waals surface area (Å²) in [4.78, 5) is 0. The van der Waals surface area contributed by atoms with Gasteiger partial charge in [0.1, 0.15) is 0 Å². The van der Waals surface area contributed by atoms with Gasteiger partial charge in [0.05, 0.1) is 0 Å². The lowest BCUT2D eigenvalue weighted by Crippen LogP contribution is -2.39. The Labute approximate surface area is 58.9 Å². The molecule has 0 nitrogen and oxygen atoms in total. The van der Waals surface area contributed by atoms with Crippen LogP contribution in [0.5, 0.6) is 0 Å². The number of hydrogen-bond donors (Lipinski definition) is 0. The van der Waals surface area contributed by atoms with Crippen LogP contribution >= 0.6 is 0 Å². The Hall–Kier alpha value is -0.145. The SMILES string of the molecule is CC1(C)CC([B-](F)(F)F)C1. The maximum Gasteiger partial charge on any atom is 0.481 e. The molecule has 0 aromatic rings. The molecular weight excluding hydrogens is 140 g/mol. The first-order chi connectivity index (χ1) is 4.31. The second-order valence-electron chi connectivity index (χ2n) is 3.96. The van der Waals surface area contributed by atoms with Gasteiger partial charge in [0.25, 0.3) is 0 Å². The number of hydrogen-bond acceptors (Lipinski definition) is 0. The van der Waals surface area contributed by atoms with Crippen molar-refractivity contribution in [2.75, 3.05) is 0 Å². The molecule has 0 spiro atoms. The highest BCUT2D eigenvalue weighted by molar-refractivity contribution is 6.60. The minimum absolute atomic E-state index is 0.0536. The number of rotatable bonds is 1. The highest BCUT2D eigenvalue weighted by atomic mass is 19.4. The van der Waals surface area contributed by atoms with Crippen molar-refractivity contribution in [2.24, 2.45) is 5.41 Å². The average molecular weight is 151 g/mol. The third-order valence-corrected chi connectivity index (χ3v) is 2.16. The molecule has 0 radical (unpaired) electrons. The van der Waals surface area contributed by atoms with E-state index in [2.05, 4.69) is 0 Å². The highest BCUT2D eigenvalue weighted by Crippen LogP contribution is 2.54. The standard InChI is InChI=1S/C6H11BF3/c1-6(2)3-5(4-6)7(8,9)10/h5H,3-4H2,1-2H3/q-1. The molecular formula is C6H11BF3-. The lowest BCUT2D eigenvalue weighted by Gasteiger charge is -2.47. The molecule has 1 aliphatic carbocycles. The van der Waals surface area contributed by atoms with E-state index in [9.17, 15) is 12.9 Å². The molecule has 60 valence electrons. The molecule has 0 saturated heterocycles. The van der Waals surface area contributed by atoms with E-state index < -0.39 is 12.8 Å². The van der Waals surface area contributed by atoms with Crippen molar-refractivity contribution in [1.29, 1.82) is 0 Å². The fourth-order valence-corrected chi connectivity index (χ4v) is 1.63. The summed E-state index contributed by atoms with van der Waals surface area (Å²) in [5.41, 5.74) is -0.0536. The van der Waals surface area contributed by atoms with Crippen molar-refractivity contribution in [3.63, 3.8) is 0 Å². The van der Waals surface area contributed by atoms with Gasteiger partial charge < -0.3 is 12.9 Å². The average Bonchev–Trinajstić information content (AvgIpc) is 1.56. The lowest BCUT2D eigenvalue weighted by atomic mass is 9.51. The van der Waals surface area contributed by atoms with Gasteiger partial charge in [0, 0.05) is 0 Å². The molecule has 1 aliphatic rings. The molecule has 0 bridgehead atoms. The summed E-state index contributed by atoms with van der Waals surface area (Å²) in [5, 5.41) is 0. The maximum absolute atomic E-state index is 11.9. The van der Waals surface area contributed by atoms with Crippen LogP contribution in [0.4, 0.5) is 12.9 Å². The molecule has 1 saturated carbocycles. The second kappa shape index (κ2) is 1.92. The van der Waals surface area contributed by atoms with Crippen LogP contribution in [0.1, 0.15) is 26.7 Å². The van der Waals surface area contributed by atoms with Crippen molar-refractivity contribution in [1.82, 2.24) is 0 Å². The van der Waals surface area contributed by atoms with Gasteiger partial charge in [0.15, 0.2) is 0 Å². The van der Waals surface area contributed by atoms with Crippen LogP contribution in [0.15, 0.2) is 0 Å². The van der Waals surface area contributed by atoms with E-state index in [1.54, 1.807) is 0 Å². The van der Waals surface area contributed by atoms with Crippen LogP contribution in [0.2, 0.25) is 5.82 Å². The predicted molar refractivity (Wildman–Crippen MR) is 35.8 cm³/mol. The molecule has 1 rings (SSSR count). The van der Waals surface area contributed by atoms with Gasteiger partial charge in [-0.15, -0.1) is 0 Å². The summed E-state index contributed by atoms with van der Waals surface area (Å²) in [6.07, 6.45) is 0.660. The highest BCUT2D eigenvalue weighted by Gasteiger charge is 2.46. The lowest BCUT2D eigenvalue weighted by molar-refractivity contribution is 0.158. The quantitative estimate of drug-likeness (QED) is 0.505. The molecule has 0 heterocycles. The predicted octanol–water partition coefficient (Wildman–Crippen LogP) is 3.02. The van der Waals surface area contributed by atoms with Gasteiger partial charge in [-0.2, -0.15) is 0 Å². The van der Waals surface area contributed by atoms with Gasteiger partial charge in [-0.25, -0.2) is 0 Å². The molecule has 10 heavy (non-hydrogen) atoms. The van der Waals surface area contributed by atoms with Crippen LogP contribution in [0.25, 0.3) is 0 Å². The Balaban J connectivity index is 2.40. The van der Waals surface area contributed by atoms with Crippen molar-refractivity contribution < 1.29 is 12.9 Å². The molecule has 0 N–H and O–H groups in total. The fourth-order valence-electron chi connectivity index (χ4n) is 1.63. The summed E-state index contributed by atoms with van der Waals surface area (Å²) in [6.45, 7) is -0.780. The monoisotopic (exact) mass is 151 g/mol. The largest absolute Gasteiger partial charge is 0.481 e. The third kappa shape index (κ3) is 1.47. The fraction of sp³-hybridized carbons (Fsp3) is 1.00. The third-order valence-electron chi connectivity index (χ3n) is 2.16. The molecule has 0 aromatic carbocycles. The molecule has 0 amide bonds. The van der Waals surface area contributed by atoms with Crippen molar-refractivity contribution in [2.45, 2.75) is 32.5 Å². The van der Waals surface area contributed by atoms with Crippen molar-refractivity contribution >= 4 is 6.98 Å². The zero-order valence-electron chi connectivity index (χ0n) is 6.20. The normalized spacial score (nSPS) is 26.1. The topological polar surface area (TPSA) is 0 Å². The Morgan fingerprint density at radius 2 is 1.60 bits per heavy atom. The Kier molecular flexibility index (Phi) is 1.53. The van der Waals surface area contributed by atoms with Crippen LogP contribution in [0, 0.1) is 5.41 Å². The van der Waals surface area contributed by atoms with Crippen LogP contribution in [0.3, 0.4) is 0 Å². The molecule has 0 aliphatic heterocycles. The van der Waals surface area contributed by atoms with Crippen LogP contribution in [-0.4, -0.2) is 6.98 Å². The summed E-state index contributed by atoms with van der Waals surface area (Å²) < 4.78 is 35.7. The second-order valence-corrected chi connectivity index (χ2v) is 3.96. The minimum atomic E-state index is -4.54.